The third-order valence-corrected chi connectivity index (χ3v) is 3.18. The predicted molar refractivity (Wildman–Crippen MR) is 57.5 cm³/mol. The van der Waals surface area contributed by atoms with E-state index < -0.39 is 18.8 Å². The normalized spacial score (nSPS) is 14.1. The first kappa shape index (κ1) is 13.5. The van der Waals surface area contributed by atoms with E-state index in [4.69, 9.17) is 5.11 Å². The number of aryl methyl sites for hydroxylation is 1. The summed E-state index contributed by atoms with van der Waals surface area (Å²) in [4.78, 5) is 1.02. The zero-order chi connectivity index (χ0) is 12.2. The van der Waals surface area contributed by atoms with Crippen LogP contribution < -0.4 is 5.32 Å². The summed E-state index contributed by atoms with van der Waals surface area (Å²) in [6, 6.07) is 1.96. The quantitative estimate of drug-likeness (QED) is 0.844. The smallest absolute Gasteiger partial charge is 0.382 e. The molecule has 2 N–H and O–H groups in total. The predicted octanol–water partition coefficient (Wildman–Crippen LogP) is 2.32. The molecule has 1 rings (SSSR count). The molecular formula is C10H14F3NOS. The van der Waals surface area contributed by atoms with Gasteiger partial charge in [0.1, 0.15) is 0 Å². The molecule has 92 valence electrons. The van der Waals surface area contributed by atoms with E-state index in [1.807, 2.05) is 18.4 Å². The van der Waals surface area contributed by atoms with Gasteiger partial charge >= 0.3 is 6.18 Å². The van der Waals surface area contributed by atoms with Crippen LogP contribution in [0.5, 0.6) is 0 Å². The molecule has 6 heteroatoms. The van der Waals surface area contributed by atoms with Crippen LogP contribution in [0.25, 0.3) is 0 Å². The van der Waals surface area contributed by atoms with Crippen molar-refractivity contribution < 1.29 is 18.3 Å². The molecule has 1 aromatic rings. The highest BCUT2D eigenvalue weighted by Crippen LogP contribution is 2.20. The molecule has 0 saturated carbocycles. The Morgan fingerprint density at radius 3 is 2.75 bits per heavy atom. The van der Waals surface area contributed by atoms with E-state index in [1.165, 1.54) is 11.3 Å². The summed E-state index contributed by atoms with van der Waals surface area (Å²) in [7, 11) is 0. The number of hydrogen-bond donors (Lipinski definition) is 2. The number of nitrogens with one attached hydrogen (secondary N) is 1. The van der Waals surface area contributed by atoms with Gasteiger partial charge in [0.25, 0.3) is 0 Å². The molecule has 0 spiro atoms. The summed E-state index contributed by atoms with van der Waals surface area (Å²) in [6.45, 7) is 1.90. The minimum absolute atomic E-state index is 0.369. The molecule has 0 radical (unpaired) electrons. The van der Waals surface area contributed by atoms with Crippen LogP contribution in [0.2, 0.25) is 0 Å². The second-order valence-electron chi connectivity index (χ2n) is 3.41. The summed E-state index contributed by atoms with van der Waals surface area (Å²) in [5.74, 6) is 0. The molecule has 1 atom stereocenters. The first-order valence-electron chi connectivity index (χ1n) is 4.96. The number of rotatable bonds is 5. The lowest BCUT2D eigenvalue weighted by molar-refractivity contribution is -0.201. The summed E-state index contributed by atoms with van der Waals surface area (Å²) in [6.07, 6.45) is -5.98. The molecule has 0 aromatic carbocycles. The SMILES string of the molecule is CCc1ccsc1CNCC(O)C(F)(F)F. The van der Waals surface area contributed by atoms with Crippen LogP contribution in [-0.4, -0.2) is 23.9 Å². The highest BCUT2D eigenvalue weighted by Gasteiger charge is 2.37. The highest BCUT2D eigenvalue weighted by atomic mass is 32.1. The second-order valence-corrected chi connectivity index (χ2v) is 4.41. The van der Waals surface area contributed by atoms with Gasteiger partial charge in [0.2, 0.25) is 0 Å². The molecule has 2 nitrogen and oxygen atoms in total. The van der Waals surface area contributed by atoms with Crippen molar-refractivity contribution in [2.24, 2.45) is 0 Å². The topological polar surface area (TPSA) is 32.3 Å². The van der Waals surface area contributed by atoms with E-state index in [-0.39, 0.29) is 0 Å². The van der Waals surface area contributed by atoms with Gasteiger partial charge in [0, 0.05) is 18.0 Å². The van der Waals surface area contributed by atoms with Gasteiger partial charge in [0.05, 0.1) is 0 Å². The average Bonchev–Trinajstić information content (AvgIpc) is 2.63. The fourth-order valence-electron chi connectivity index (χ4n) is 1.28. The Hall–Kier alpha value is -0.590. The zero-order valence-corrected chi connectivity index (χ0v) is 9.66. The van der Waals surface area contributed by atoms with Gasteiger partial charge in [-0.1, -0.05) is 6.92 Å². The van der Waals surface area contributed by atoms with Crippen molar-refractivity contribution >= 4 is 11.3 Å². The maximum atomic E-state index is 12.0. The van der Waals surface area contributed by atoms with Crippen molar-refractivity contribution in [1.82, 2.24) is 5.32 Å². The van der Waals surface area contributed by atoms with E-state index in [1.54, 1.807) is 0 Å². The van der Waals surface area contributed by atoms with Gasteiger partial charge in [-0.3, -0.25) is 0 Å². The lowest BCUT2D eigenvalue weighted by atomic mass is 10.2. The molecule has 1 unspecified atom stereocenters. The average molecular weight is 253 g/mol. The number of alkyl halides is 3. The van der Waals surface area contributed by atoms with Gasteiger partial charge in [-0.05, 0) is 23.4 Å². The number of aliphatic hydroxyl groups excluding tert-OH is 1. The number of halogens is 3. The van der Waals surface area contributed by atoms with Crippen LogP contribution >= 0.6 is 11.3 Å². The minimum Gasteiger partial charge on any atom is -0.382 e. The summed E-state index contributed by atoms with van der Waals surface area (Å²) in [5, 5.41) is 13.3. The van der Waals surface area contributed by atoms with Gasteiger partial charge in [0.15, 0.2) is 6.10 Å². The maximum absolute atomic E-state index is 12.0. The number of aliphatic hydroxyl groups is 1. The van der Waals surface area contributed by atoms with Gasteiger partial charge in [-0.25, -0.2) is 0 Å². The van der Waals surface area contributed by atoms with Crippen LogP contribution in [0.4, 0.5) is 13.2 Å². The van der Waals surface area contributed by atoms with Crippen LogP contribution in [0, 0.1) is 0 Å². The van der Waals surface area contributed by atoms with Gasteiger partial charge < -0.3 is 10.4 Å². The standard InChI is InChI=1S/C10H14F3NOS/c1-2-7-3-4-16-8(7)5-14-6-9(15)10(11,12)13/h3-4,9,14-15H,2,5-6H2,1H3. The first-order chi connectivity index (χ1) is 7.45. The molecular weight excluding hydrogens is 239 g/mol. The Kier molecular flexibility index (Phi) is 4.76. The van der Waals surface area contributed by atoms with Crippen molar-refractivity contribution in [2.45, 2.75) is 32.2 Å². The van der Waals surface area contributed by atoms with Crippen molar-refractivity contribution in [3.05, 3.63) is 21.9 Å². The second kappa shape index (κ2) is 5.65. The summed E-state index contributed by atoms with van der Waals surface area (Å²) in [5.41, 5.74) is 1.14. The van der Waals surface area contributed by atoms with Crippen LogP contribution in [0.3, 0.4) is 0 Å². The first-order valence-corrected chi connectivity index (χ1v) is 5.83. The van der Waals surface area contributed by atoms with Crippen LogP contribution in [0.1, 0.15) is 17.4 Å². The van der Waals surface area contributed by atoms with Crippen molar-refractivity contribution in [1.29, 1.82) is 0 Å². The molecule has 16 heavy (non-hydrogen) atoms. The largest absolute Gasteiger partial charge is 0.415 e. The van der Waals surface area contributed by atoms with Gasteiger partial charge in [-0.15, -0.1) is 11.3 Å². The lowest BCUT2D eigenvalue weighted by Gasteiger charge is -2.14. The Morgan fingerprint density at radius 1 is 1.50 bits per heavy atom. The van der Waals surface area contributed by atoms with E-state index in [2.05, 4.69) is 5.32 Å². The fourth-order valence-corrected chi connectivity index (χ4v) is 2.22. The molecule has 0 saturated heterocycles. The summed E-state index contributed by atoms with van der Waals surface area (Å²) < 4.78 is 35.9. The van der Waals surface area contributed by atoms with Crippen LogP contribution in [0.15, 0.2) is 11.4 Å². The molecule has 0 fully saturated rings. The Balaban J connectivity index is 2.36. The van der Waals surface area contributed by atoms with Gasteiger partial charge in [-0.2, -0.15) is 13.2 Å². The van der Waals surface area contributed by atoms with Crippen molar-refractivity contribution in [2.75, 3.05) is 6.54 Å². The van der Waals surface area contributed by atoms with Crippen molar-refractivity contribution in [3.8, 4) is 0 Å². The third-order valence-electron chi connectivity index (χ3n) is 2.22. The molecule has 1 heterocycles. The zero-order valence-electron chi connectivity index (χ0n) is 8.84. The molecule has 0 aliphatic heterocycles. The monoisotopic (exact) mass is 253 g/mol. The number of hydrogen-bond acceptors (Lipinski definition) is 3. The molecule has 0 bridgehead atoms. The molecule has 0 amide bonds. The highest BCUT2D eigenvalue weighted by molar-refractivity contribution is 7.10. The Morgan fingerprint density at radius 2 is 2.19 bits per heavy atom. The third kappa shape index (κ3) is 3.77. The maximum Gasteiger partial charge on any atom is 0.415 e. The molecule has 1 aromatic heterocycles. The molecule has 0 aliphatic rings. The Labute approximate surface area is 96.1 Å². The Bertz CT molecular complexity index is 324. The van der Waals surface area contributed by atoms with E-state index >= 15 is 0 Å². The summed E-state index contributed by atoms with van der Waals surface area (Å²) >= 11 is 1.51. The minimum atomic E-state index is -4.55. The van der Waals surface area contributed by atoms with Crippen LogP contribution in [-0.2, 0) is 13.0 Å². The molecule has 0 aliphatic carbocycles. The number of thiophene rings is 1. The van der Waals surface area contributed by atoms with E-state index in [0.29, 0.717) is 6.54 Å². The van der Waals surface area contributed by atoms with E-state index in [0.717, 1.165) is 16.9 Å². The van der Waals surface area contributed by atoms with E-state index in [9.17, 15) is 13.2 Å². The fraction of sp³-hybridized carbons (Fsp3) is 0.600. The van der Waals surface area contributed by atoms with Crippen molar-refractivity contribution in [3.63, 3.8) is 0 Å². The lowest BCUT2D eigenvalue weighted by Crippen LogP contribution is -2.38.